The van der Waals surface area contributed by atoms with Crippen molar-refractivity contribution in [3.8, 4) is 0 Å². The summed E-state index contributed by atoms with van der Waals surface area (Å²) in [6.45, 7) is 6.46. The molecule has 0 aromatic heterocycles. The monoisotopic (exact) mass is 607 g/mol. The molecule has 16 heteroatoms. The number of ether oxygens (including phenoxy) is 2. The van der Waals surface area contributed by atoms with E-state index in [-0.39, 0.29) is 39.0 Å². The van der Waals surface area contributed by atoms with Crippen molar-refractivity contribution < 1.29 is 38.8 Å². The smallest absolute Gasteiger partial charge is 0.408 e. The highest BCUT2D eigenvalue weighted by Crippen LogP contribution is 2.20. The molecule has 1 fully saturated rings. The predicted molar refractivity (Wildman–Crippen MR) is 154 cm³/mol. The summed E-state index contributed by atoms with van der Waals surface area (Å²) in [6, 6.07) is 5.46. The van der Waals surface area contributed by atoms with Crippen LogP contribution in [-0.4, -0.2) is 87.8 Å². The van der Waals surface area contributed by atoms with Crippen molar-refractivity contribution in [2.24, 2.45) is 10.7 Å². The SMILES string of the molecule is C[C@@H](O)[C@H](NC(=O)OC(C)(C)C)C(=O)N1CCC[C@H]1C(=O)N[C@@H](CCCN=C(N)N[N+](=O)[O-])C(=O)OCc1ccccc1. The number of aliphatic hydroxyl groups is 1. The Balaban J connectivity index is 2.13. The van der Waals surface area contributed by atoms with Crippen molar-refractivity contribution in [3.05, 3.63) is 46.0 Å². The van der Waals surface area contributed by atoms with Crippen molar-refractivity contribution in [2.45, 2.75) is 89.8 Å². The van der Waals surface area contributed by atoms with E-state index in [9.17, 15) is 34.4 Å². The molecule has 0 spiro atoms. The molecule has 4 atom stereocenters. The molecule has 1 saturated heterocycles. The van der Waals surface area contributed by atoms with Gasteiger partial charge in [0.2, 0.25) is 11.8 Å². The first-order valence-electron chi connectivity index (χ1n) is 13.9. The number of carbonyl (C=O) groups is 4. The maximum absolute atomic E-state index is 13.4. The number of hydrogen-bond donors (Lipinski definition) is 5. The number of nitrogens with one attached hydrogen (secondary N) is 3. The van der Waals surface area contributed by atoms with E-state index in [2.05, 4.69) is 15.6 Å². The summed E-state index contributed by atoms with van der Waals surface area (Å²) < 4.78 is 10.6. The molecule has 3 amide bonds. The lowest BCUT2D eigenvalue weighted by Crippen LogP contribution is -2.58. The van der Waals surface area contributed by atoms with Gasteiger partial charge in [-0.15, -0.1) is 0 Å². The zero-order valence-electron chi connectivity index (χ0n) is 24.8. The van der Waals surface area contributed by atoms with Gasteiger partial charge in [-0.05, 0) is 58.9 Å². The van der Waals surface area contributed by atoms with Gasteiger partial charge in [-0.25, -0.2) is 24.7 Å². The van der Waals surface area contributed by atoms with E-state index in [1.165, 1.54) is 11.8 Å². The molecule has 1 aliphatic heterocycles. The highest BCUT2D eigenvalue weighted by atomic mass is 16.7. The fraction of sp³-hybridized carbons (Fsp3) is 0.593. The number of esters is 1. The van der Waals surface area contributed by atoms with Crippen LogP contribution < -0.4 is 21.8 Å². The molecule has 6 N–H and O–H groups in total. The number of nitro groups is 1. The van der Waals surface area contributed by atoms with E-state index in [0.29, 0.717) is 6.42 Å². The van der Waals surface area contributed by atoms with Gasteiger partial charge in [0.25, 0.3) is 5.96 Å². The molecule has 1 aliphatic rings. The maximum Gasteiger partial charge on any atom is 0.408 e. The first kappa shape index (κ1) is 34.7. The molecule has 1 aromatic carbocycles. The van der Waals surface area contributed by atoms with Crippen LogP contribution in [0.25, 0.3) is 0 Å². The van der Waals surface area contributed by atoms with Crippen LogP contribution in [0.3, 0.4) is 0 Å². The number of likely N-dealkylation sites (tertiary alicyclic amines) is 1. The van der Waals surface area contributed by atoms with Crippen LogP contribution in [0.2, 0.25) is 0 Å². The van der Waals surface area contributed by atoms with Crippen molar-refractivity contribution in [3.63, 3.8) is 0 Å². The highest BCUT2D eigenvalue weighted by Gasteiger charge is 2.40. The van der Waals surface area contributed by atoms with Crippen LogP contribution in [0, 0.1) is 10.1 Å². The largest absolute Gasteiger partial charge is 0.459 e. The molecular weight excluding hydrogens is 566 g/mol. The van der Waals surface area contributed by atoms with Gasteiger partial charge in [-0.2, -0.15) is 0 Å². The van der Waals surface area contributed by atoms with E-state index in [4.69, 9.17) is 15.2 Å². The summed E-state index contributed by atoms with van der Waals surface area (Å²) in [5, 5.41) is 24.9. The molecule has 238 valence electrons. The lowest BCUT2D eigenvalue weighted by Gasteiger charge is -2.31. The van der Waals surface area contributed by atoms with Crippen LogP contribution in [-0.2, 0) is 30.5 Å². The minimum Gasteiger partial charge on any atom is -0.459 e. The number of alkyl carbamates (subject to hydrolysis) is 1. The lowest BCUT2D eigenvalue weighted by atomic mass is 10.1. The lowest BCUT2D eigenvalue weighted by molar-refractivity contribution is -0.525. The molecule has 1 heterocycles. The van der Waals surface area contributed by atoms with Crippen LogP contribution >= 0.6 is 0 Å². The Labute approximate surface area is 249 Å². The molecule has 43 heavy (non-hydrogen) atoms. The zero-order chi connectivity index (χ0) is 32.2. The number of guanidine groups is 1. The molecule has 0 radical (unpaired) electrons. The summed E-state index contributed by atoms with van der Waals surface area (Å²) in [5.41, 5.74) is 7.04. The third kappa shape index (κ3) is 12.1. The standard InChI is InChI=1S/C27H41N7O9/c1-17(35)21(31-26(39)43-27(2,3)4)23(37)33-15-9-13-20(33)22(36)30-19(12-8-14-29-25(28)32-34(40)41)24(38)42-16-18-10-6-5-7-11-18/h5-7,10-11,17,19-21,35H,8-9,12-16H2,1-4H3,(H,30,36)(H,31,39)(H3,28,29,32)/t17-,19+,20+,21+/m1/s1. The highest BCUT2D eigenvalue weighted by molar-refractivity contribution is 5.93. The summed E-state index contributed by atoms with van der Waals surface area (Å²) in [4.78, 5) is 67.7. The van der Waals surface area contributed by atoms with Crippen molar-refractivity contribution >= 4 is 29.8 Å². The average Bonchev–Trinajstić information content (AvgIpc) is 3.41. The van der Waals surface area contributed by atoms with Gasteiger partial charge in [0, 0.05) is 13.1 Å². The molecule has 0 unspecified atom stereocenters. The Morgan fingerprint density at radius 2 is 1.88 bits per heavy atom. The minimum atomic E-state index is -1.37. The fourth-order valence-corrected chi connectivity index (χ4v) is 4.27. The summed E-state index contributed by atoms with van der Waals surface area (Å²) >= 11 is 0. The van der Waals surface area contributed by atoms with Crippen LogP contribution in [0.1, 0.15) is 58.9 Å². The van der Waals surface area contributed by atoms with Gasteiger partial charge in [0.15, 0.2) is 5.03 Å². The molecule has 0 saturated carbocycles. The topological polar surface area (TPSA) is 228 Å². The van der Waals surface area contributed by atoms with E-state index >= 15 is 0 Å². The molecule has 2 rings (SSSR count). The summed E-state index contributed by atoms with van der Waals surface area (Å²) in [7, 11) is 0. The van der Waals surface area contributed by atoms with E-state index < -0.39 is 64.7 Å². The number of hydrogen-bond acceptors (Lipinski definition) is 10. The third-order valence-corrected chi connectivity index (χ3v) is 6.22. The molecule has 0 aliphatic carbocycles. The first-order valence-corrected chi connectivity index (χ1v) is 13.9. The maximum atomic E-state index is 13.4. The third-order valence-electron chi connectivity index (χ3n) is 6.22. The van der Waals surface area contributed by atoms with Gasteiger partial charge in [0.1, 0.15) is 30.3 Å². The van der Waals surface area contributed by atoms with Crippen molar-refractivity contribution in [2.75, 3.05) is 13.1 Å². The van der Waals surface area contributed by atoms with Crippen molar-refractivity contribution in [1.82, 2.24) is 21.0 Å². The predicted octanol–water partition coefficient (Wildman–Crippen LogP) is 0.356. The molecule has 16 nitrogen and oxygen atoms in total. The minimum absolute atomic E-state index is 0.0193. The number of nitrogens with zero attached hydrogens (tertiary/aromatic N) is 3. The second kappa shape index (κ2) is 16.2. The number of hydrazine groups is 1. The molecule has 0 bridgehead atoms. The van der Waals surface area contributed by atoms with Crippen LogP contribution in [0.15, 0.2) is 35.3 Å². The number of amides is 3. The van der Waals surface area contributed by atoms with Crippen LogP contribution in [0.4, 0.5) is 4.79 Å². The van der Waals surface area contributed by atoms with Gasteiger partial charge in [0.05, 0.1) is 6.10 Å². The summed E-state index contributed by atoms with van der Waals surface area (Å²) in [5.74, 6) is -2.43. The van der Waals surface area contributed by atoms with Gasteiger partial charge in [-0.3, -0.25) is 9.59 Å². The van der Waals surface area contributed by atoms with Crippen LogP contribution in [0.5, 0.6) is 0 Å². The number of aliphatic imine (C=N–C) groups is 1. The Morgan fingerprint density at radius 1 is 1.21 bits per heavy atom. The zero-order valence-corrected chi connectivity index (χ0v) is 24.8. The number of rotatable bonds is 13. The Morgan fingerprint density at radius 3 is 2.49 bits per heavy atom. The molecular formula is C27H41N7O9. The quantitative estimate of drug-likeness (QED) is 0.0513. The first-order chi connectivity index (χ1) is 20.2. The normalized spacial score (nSPS) is 17.3. The average molecular weight is 608 g/mol. The van der Waals surface area contributed by atoms with Gasteiger partial charge in [-0.1, -0.05) is 35.8 Å². The summed E-state index contributed by atoms with van der Waals surface area (Å²) in [6.07, 6.45) is -1.15. The number of carbonyl (C=O) groups excluding carboxylic acids is 4. The van der Waals surface area contributed by atoms with Gasteiger partial charge >= 0.3 is 12.1 Å². The van der Waals surface area contributed by atoms with E-state index in [1.807, 2.05) is 6.07 Å². The Kier molecular flexibility index (Phi) is 13.1. The van der Waals surface area contributed by atoms with Gasteiger partial charge < -0.3 is 35.8 Å². The second-order valence-corrected chi connectivity index (χ2v) is 11.0. The molecule has 1 aromatic rings. The number of nitrogens with two attached hydrogens (primary N) is 1. The van der Waals surface area contributed by atoms with Crippen molar-refractivity contribution in [1.29, 1.82) is 0 Å². The second-order valence-electron chi connectivity index (χ2n) is 11.0. The number of aliphatic hydroxyl groups excluding tert-OH is 1. The number of benzene rings is 1. The fourth-order valence-electron chi connectivity index (χ4n) is 4.27. The Hall–Kier alpha value is -4.47. The van der Waals surface area contributed by atoms with E-state index in [0.717, 1.165) is 5.56 Å². The Bertz CT molecular complexity index is 1160. The van der Waals surface area contributed by atoms with E-state index in [1.54, 1.807) is 50.5 Å².